The molecule has 0 heterocycles. The Kier molecular flexibility index (Phi) is 12.4. The van der Waals surface area contributed by atoms with Gasteiger partial charge in [-0.1, -0.05) is 18.2 Å². The second kappa shape index (κ2) is 15.7. The average molecular weight is 683 g/mol. The predicted molar refractivity (Wildman–Crippen MR) is 158 cm³/mol. The van der Waals surface area contributed by atoms with Gasteiger partial charge < -0.3 is 39.4 Å². The third kappa shape index (κ3) is 8.18. The van der Waals surface area contributed by atoms with Gasteiger partial charge in [-0.15, -0.1) is 0 Å². The van der Waals surface area contributed by atoms with Crippen LogP contribution in [0.4, 0.5) is 0 Å². The van der Waals surface area contributed by atoms with Crippen molar-refractivity contribution < 1.29 is 43.5 Å². The number of methoxy groups -OCH3 is 3. The smallest absolute Gasteiger partial charge is 0.248 e. The first-order chi connectivity index (χ1) is 19.8. The van der Waals surface area contributed by atoms with Crippen LogP contribution in [0.1, 0.15) is 22.3 Å². The van der Waals surface area contributed by atoms with E-state index in [0.717, 1.165) is 5.56 Å². The summed E-state index contributed by atoms with van der Waals surface area (Å²) < 4.78 is 22.8. The van der Waals surface area contributed by atoms with Gasteiger partial charge in [-0.25, -0.2) is 0 Å². The van der Waals surface area contributed by atoms with Gasteiger partial charge in [-0.3, -0.25) is 14.4 Å². The average Bonchev–Trinajstić information content (AvgIpc) is 2.98. The molecule has 0 saturated carbocycles. The van der Waals surface area contributed by atoms with Crippen molar-refractivity contribution in [2.24, 2.45) is 0 Å². The standard InChI is InChI=1S/C29H35IN2O9/c1-38-17-26(35)32(10-8-19-6-4-5-7-23(19)39-2)22-14-20(29(37)31-9-11-33)15-24(27(22)36)41-28-21(30)12-18(16-34)13-25(28)40-3/h4-7,12-13,15-16,22,24,27,33,36H,8-11,14,17H2,1-3H3,(H,31,37). The zero-order valence-corrected chi connectivity index (χ0v) is 25.3. The van der Waals surface area contributed by atoms with Gasteiger partial charge in [-0.05, 0) is 58.9 Å². The number of ether oxygens (including phenoxy) is 4. The molecule has 3 N–H and O–H groups in total. The maximum Gasteiger partial charge on any atom is 0.248 e. The summed E-state index contributed by atoms with van der Waals surface area (Å²) in [6, 6.07) is 9.71. The molecule has 3 unspecified atom stereocenters. The number of benzene rings is 2. The first-order valence-electron chi connectivity index (χ1n) is 12.9. The van der Waals surface area contributed by atoms with Crippen molar-refractivity contribution >= 4 is 40.7 Å². The Morgan fingerprint density at radius 1 is 1.15 bits per heavy atom. The topological polar surface area (TPSA) is 144 Å². The number of carbonyl (C=O) groups is 3. The summed E-state index contributed by atoms with van der Waals surface area (Å²) >= 11 is 2.00. The van der Waals surface area contributed by atoms with Crippen LogP contribution in [0.5, 0.6) is 17.2 Å². The quantitative estimate of drug-likeness (QED) is 0.201. The van der Waals surface area contributed by atoms with Gasteiger partial charge in [-0.2, -0.15) is 0 Å². The minimum atomic E-state index is -1.24. The first kappa shape index (κ1) is 32.3. The Morgan fingerprint density at radius 3 is 2.54 bits per heavy atom. The number of halogens is 1. The maximum absolute atomic E-state index is 13.3. The molecular weight excluding hydrogens is 647 g/mol. The summed E-state index contributed by atoms with van der Waals surface area (Å²) in [5, 5.41) is 23.5. The molecule has 1 aliphatic carbocycles. The van der Waals surface area contributed by atoms with Gasteiger partial charge in [0.25, 0.3) is 0 Å². The molecule has 0 aromatic heterocycles. The Balaban J connectivity index is 2.00. The fourth-order valence-corrected chi connectivity index (χ4v) is 5.42. The van der Waals surface area contributed by atoms with Crippen molar-refractivity contribution in [1.29, 1.82) is 0 Å². The Hall–Kier alpha value is -3.20. The number of carbonyl (C=O) groups excluding carboxylic acids is 3. The molecule has 11 nitrogen and oxygen atoms in total. The highest BCUT2D eigenvalue weighted by atomic mass is 127. The molecule has 2 amide bonds. The van der Waals surface area contributed by atoms with E-state index in [0.29, 0.717) is 27.6 Å². The Bertz CT molecular complexity index is 1250. The van der Waals surface area contributed by atoms with Crippen molar-refractivity contribution in [1.82, 2.24) is 10.2 Å². The number of aliphatic hydroxyl groups excluding tert-OH is 2. The van der Waals surface area contributed by atoms with Gasteiger partial charge in [0.1, 0.15) is 30.9 Å². The van der Waals surface area contributed by atoms with Crippen LogP contribution in [0.3, 0.4) is 0 Å². The molecule has 2 aromatic rings. The van der Waals surface area contributed by atoms with Gasteiger partial charge in [0.05, 0.1) is 30.4 Å². The fourth-order valence-electron chi connectivity index (χ4n) is 4.67. The SMILES string of the molecule is COCC(=O)N(CCc1ccccc1OC)C1CC(C(=O)NCCO)=CC(Oc2c(I)cc(C=O)cc2OC)C1O. The van der Waals surface area contributed by atoms with Crippen molar-refractivity contribution in [2.45, 2.75) is 31.1 Å². The molecule has 2 aromatic carbocycles. The number of hydrogen-bond acceptors (Lipinski definition) is 9. The number of nitrogens with zero attached hydrogens (tertiary/aromatic N) is 1. The number of rotatable bonds is 14. The van der Waals surface area contributed by atoms with Crippen molar-refractivity contribution in [3.05, 3.63) is 62.7 Å². The van der Waals surface area contributed by atoms with Gasteiger partial charge in [0, 0.05) is 37.8 Å². The third-order valence-corrected chi connectivity index (χ3v) is 7.46. The van der Waals surface area contributed by atoms with E-state index in [2.05, 4.69) is 5.32 Å². The lowest BCUT2D eigenvalue weighted by Gasteiger charge is -2.40. The highest BCUT2D eigenvalue weighted by Gasteiger charge is 2.41. The molecule has 3 atom stereocenters. The number of para-hydroxylation sites is 1. The second-order valence-electron chi connectivity index (χ2n) is 9.25. The third-order valence-electron chi connectivity index (χ3n) is 6.66. The first-order valence-corrected chi connectivity index (χ1v) is 14.0. The normalized spacial score (nSPS) is 18.2. The summed E-state index contributed by atoms with van der Waals surface area (Å²) in [6.07, 6.45) is 0.355. The number of aliphatic hydroxyl groups is 2. The lowest BCUT2D eigenvalue weighted by atomic mass is 9.88. The van der Waals surface area contributed by atoms with E-state index >= 15 is 0 Å². The highest BCUT2D eigenvalue weighted by molar-refractivity contribution is 14.1. The zero-order chi connectivity index (χ0) is 29.9. The number of amides is 2. The summed E-state index contributed by atoms with van der Waals surface area (Å²) in [6.45, 7) is -0.235. The van der Waals surface area contributed by atoms with E-state index < -0.39 is 24.2 Å². The Labute approximate surface area is 252 Å². The van der Waals surface area contributed by atoms with E-state index in [9.17, 15) is 24.6 Å². The molecule has 3 rings (SSSR count). The van der Waals surface area contributed by atoms with Crippen molar-refractivity contribution in [3.8, 4) is 17.2 Å². The molecule has 41 heavy (non-hydrogen) atoms. The van der Waals surface area contributed by atoms with Crippen LogP contribution in [0.25, 0.3) is 0 Å². The summed E-state index contributed by atoms with van der Waals surface area (Å²) in [7, 11) is 4.41. The van der Waals surface area contributed by atoms with Crippen LogP contribution in [0, 0.1) is 3.57 Å². The van der Waals surface area contributed by atoms with E-state index in [1.54, 1.807) is 13.2 Å². The number of aldehydes is 1. The predicted octanol–water partition coefficient (Wildman–Crippen LogP) is 1.75. The highest BCUT2D eigenvalue weighted by Crippen LogP contribution is 2.37. The molecule has 0 radical (unpaired) electrons. The zero-order valence-electron chi connectivity index (χ0n) is 23.2. The van der Waals surface area contributed by atoms with Crippen LogP contribution in [0.15, 0.2) is 48.0 Å². The van der Waals surface area contributed by atoms with Gasteiger partial charge >= 0.3 is 0 Å². The number of hydrogen-bond donors (Lipinski definition) is 3. The molecule has 222 valence electrons. The Morgan fingerprint density at radius 2 is 1.88 bits per heavy atom. The molecule has 0 aliphatic heterocycles. The molecule has 12 heteroatoms. The van der Waals surface area contributed by atoms with Crippen LogP contribution in [-0.2, 0) is 20.7 Å². The van der Waals surface area contributed by atoms with Gasteiger partial charge in [0.15, 0.2) is 11.5 Å². The van der Waals surface area contributed by atoms with Crippen LogP contribution >= 0.6 is 22.6 Å². The van der Waals surface area contributed by atoms with E-state index in [1.807, 2.05) is 46.9 Å². The monoisotopic (exact) mass is 682 g/mol. The minimum Gasteiger partial charge on any atom is -0.496 e. The molecule has 0 spiro atoms. The molecular formula is C29H35IN2O9. The molecule has 0 fully saturated rings. The lowest BCUT2D eigenvalue weighted by Crippen LogP contribution is -2.56. The van der Waals surface area contributed by atoms with E-state index in [4.69, 9.17) is 18.9 Å². The minimum absolute atomic E-state index is 0.0356. The maximum atomic E-state index is 13.3. The number of nitrogens with one attached hydrogen (secondary N) is 1. The second-order valence-corrected chi connectivity index (χ2v) is 10.4. The van der Waals surface area contributed by atoms with Crippen molar-refractivity contribution in [3.63, 3.8) is 0 Å². The largest absolute Gasteiger partial charge is 0.496 e. The van der Waals surface area contributed by atoms with E-state index in [-0.39, 0.29) is 55.7 Å². The van der Waals surface area contributed by atoms with Crippen LogP contribution in [-0.4, -0.2) is 99.1 Å². The summed E-state index contributed by atoms with van der Waals surface area (Å²) in [5.41, 5.74) is 1.53. The fraction of sp³-hybridized carbons (Fsp3) is 0.414. The van der Waals surface area contributed by atoms with Crippen molar-refractivity contribution in [2.75, 3.05) is 47.6 Å². The van der Waals surface area contributed by atoms with Crippen LogP contribution in [0.2, 0.25) is 0 Å². The summed E-state index contributed by atoms with van der Waals surface area (Å²) in [4.78, 5) is 39.2. The lowest BCUT2D eigenvalue weighted by molar-refractivity contribution is -0.142. The summed E-state index contributed by atoms with van der Waals surface area (Å²) in [5.74, 6) is 0.396. The molecule has 0 bridgehead atoms. The van der Waals surface area contributed by atoms with E-state index in [1.165, 1.54) is 31.3 Å². The van der Waals surface area contributed by atoms with Gasteiger partial charge in [0.2, 0.25) is 11.8 Å². The molecule has 1 aliphatic rings. The molecule has 0 saturated heterocycles. The van der Waals surface area contributed by atoms with Crippen LogP contribution < -0.4 is 19.5 Å².